The van der Waals surface area contributed by atoms with Gasteiger partial charge in [0, 0.05) is 32.1 Å². The zero-order chi connectivity index (χ0) is 18.7. The molecule has 1 unspecified atom stereocenters. The number of carbonyl (C=O) groups excluding carboxylic acids is 2. The Morgan fingerprint density at radius 1 is 1.24 bits per heavy atom. The summed E-state index contributed by atoms with van der Waals surface area (Å²) in [5.74, 6) is -3.97. The Labute approximate surface area is 144 Å². The second-order valence-corrected chi connectivity index (χ2v) is 6.15. The van der Waals surface area contributed by atoms with E-state index in [1.165, 1.54) is 23.8 Å². The number of hydrogen-bond acceptors (Lipinski definition) is 3. The molecule has 1 aromatic rings. The molecule has 25 heavy (non-hydrogen) atoms. The third-order valence-electron chi connectivity index (χ3n) is 4.58. The van der Waals surface area contributed by atoms with E-state index in [0.29, 0.717) is 18.9 Å². The number of piperidine rings is 1. The van der Waals surface area contributed by atoms with Gasteiger partial charge in [-0.3, -0.25) is 9.59 Å². The first kappa shape index (κ1) is 18.8. The summed E-state index contributed by atoms with van der Waals surface area (Å²) in [6.45, 7) is 1.93. The van der Waals surface area contributed by atoms with Gasteiger partial charge in [-0.25, -0.2) is 13.6 Å². The van der Waals surface area contributed by atoms with Crippen molar-refractivity contribution in [2.45, 2.75) is 25.8 Å². The largest absolute Gasteiger partial charge is 0.480 e. The second-order valence-electron chi connectivity index (χ2n) is 6.15. The van der Waals surface area contributed by atoms with Crippen molar-refractivity contribution in [1.29, 1.82) is 0 Å². The van der Waals surface area contributed by atoms with Crippen molar-refractivity contribution in [3.63, 3.8) is 0 Å². The molecular weight excluding hydrogens is 334 g/mol. The molecule has 0 radical (unpaired) electrons. The number of rotatable bonds is 4. The van der Waals surface area contributed by atoms with Crippen molar-refractivity contribution < 1.29 is 28.3 Å². The van der Waals surface area contributed by atoms with Gasteiger partial charge in [0.25, 0.3) is 5.91 Å². The van der Waals surface area contributed by atoms with Crippen molar-refractivity contribution >= 4 is 17.8 Å². The van der Waals surface area contributed by atoms with Gasteiger partial charge in [0.1, 0.15) is 17.7 Å². The van der Waals surface area contributed by atoms with Crippen molar-refractivity contribution in [2.75, 3.05) is 20.1 Å². The van der Waals surface area contributed by atoms with Gasteiger partial charge in [-0.1, -0.05) is 0 Å². The Hall–Kier alpha value is -2.51. The number of likely N-dealkylation sites (N-methyl/N-ethyl adjacent to an activating group) is 1. The molecule has 136 valence electrons. The van der Waals surface area contributed by atoms with Crippen LogP contribution in [0.2, 0.25) is 0 Å². The van der Waals surface area contributed by atoms with Gasteiger partial charge in [-0.15, -0.1) is 0 Å². The summed E-state index contributed by atoms with van der Waals surface area (Å²) in [4.78, 5) is 38.2. The fourth-order valence-electron chi connectivity index (χ4n) is 2.81. The van der Waals surface area contributed by atoms with E-state index in [1.807, 2.05) is 0 Å². The van der Waals surface area contributed by atoms with Crippen LogP contribution >= 0.6 is 0 Å². The molecule has 1 N–H and O–H groups in total. The van der Waals surface area contributed by atoms with Gasteiger partial charge in [0.05, 0.1) is 5.56 Å². The highest BCUT2D eigenvalue weighted by Crippen LogP contribution is 2.22. The summed E-state index contributed by atoms with van der Waals surface area (Å²) in [5.41, 5.74) is -0.206. The average molecular weight is 354 g/mol. The number of benzene rings is 1. The van der Waals surface area contributed by atoms with E-state index < -0.39 is 29.6 Å². The molecule has 1 fully saturated rings. The Balaban J connectivity index is 1.98. The van der Waals surface area contributed by atoms with Gasteiger partial charge in [0.2, 0.25) is 5.91 Å². The molecule has 0 aromatic heterocycles. The van der Waals surface area contributed by atoms with Crippen LogP contribution in [0, 0.1) is 17.6 Å². The smallest absolute Gasteiger partial charge is 0.326 e. The van der Waals surface area contributed by atoms with Crippen LogP contribution in [0.4, 0.5) is 8.78 Å². The minimum atomic E-state index is -1.09. The standard InChI is InChI=1S/C17H20F2N2O4/c1-10(17(24)25)20(2)15(22)11-5-7-21(8-6-11)16(23)13-4-3-12(18)9-14(13)19/h3-4,9-11H,5-8H2,1-2H3,(H,24,25). The normalized spacial score (nSPS) is 16.4. The zero-order valence-corrected chi connectivity index (χ0v) is 14.0. The Morgan fingerprint density at radius 2 is 1.84 bits per heavy atom. The second kappa shape index (κ2) is 7.58. The zero-order valence-electron chi connectivity index (χ0n) is 14.0. The van der Waals surface area contributed by atoms with Crippen LogP contribution < -0.4 is 0 Å². The molecule has 2 rings (SSSR count). The van der Waals surface area contributed by atoms with Crippen LogP contribution in [0.15, 0.2) is 18.2 Å². The number of carboxylic acids is 1. The third kappa shape index (κ3) is 4.12. The predicted molar refractivity (Wildman–Crippen MR) is 84.9 cm³/mol. The van der Waals surface area contributed by atoms with Gasteiger partial charge in [0.15, 0.2) is 0 Å². The molecule has 0 bridgehead atoms. The van der Waals surface area contributed by atoms with Gasteiger partial charge >= 0.3 is 5.97 Å². The molecule has 1 saturated heterocycles. The number of likely N-dealkylation sites (tertiary alicyclic amines) is 1. The number of amides is 2. The van der Waals surface area contributed by atoms with Gasteiger partial charge < -0.3 is 14.9 Å². The fourth-order valence-corrected chi connectivity index (χ4v) is 2.81. The number of aliphatic carboxylic acids is 1. The molecule has 0 saturated carbocycles. The lowest BCUT2D eigenvalue weighted by molar-refractivity contribution is -0.150. The number of hydrogen-bond donors (Lipinski definition) is 1. The first-order valence-corrected chi connectivity index (χ1v) is 7.96. The molecule has 8 heteroatoms. The maximum Gasteiger partial charge on any atom is 0.326 e. The summed E-state index contributed by atoms with van der Waals surface area (Å²) in [6.07, 6.45) is 0.730. The highest BCUT2D eigenvalue weighted by molar-refractivity contribution is 5.94. The van der Waals surface area contributed by atoms with E-state index in [9.17, 15) is 23.2 Å². The Kier molecular flexibility index (Phi) is 5.71. The van der Waals surface area contributed by atoms with Crippen LogP contribution in [0.5, 0.6) is 0 Å². The van der Waals surface area contributed by atoms with Crippen LogP contribution in [0.1, 0.15) is 30.1 Å². The highest BCUT2D eigenvalue weighted by Gasteiger charge is 2.32. The van der Waals surface area contributed by atoms with Crippen LogP contribution in [-0.2, 0) is 9.59 Å². The highest BCUT2D eigenvalue weighted by atomic mass is 19.1. The number of halogens is 2. The monoisotopic (exact) mass is 354 g/mol. The molecule has 0 aliphatic carbocycles. The van der Waals surface area contributed by atoms with Crippen molar-refractivity contribution in [3.8, 4) is 0 Å². The molecule has 1 atom stereocenters. The Bertz CT molecular complexity index is 687. The van der Waals surface area contributed by atoms with Crippen LogP contribution in [0.3, 0.4) is 0 Å². The molecule has 6 nitrogen and oxygen atoms in total. The van der Waals surface area contributed by atoms with E-state index >= 15 is 0 Å². The number of nitrogens with zero attached hydrogens (tertiary/aromatic N) is 2. The van der Waals surface area contributed by atoms with Crippen LogP contribution in [0.25, 0.3) is 0 Å². The average Bonchev–Trinajstić information content (AvgIpc) is 2.59. The van der Waals surface area contributed by atoms with Crippen LogP contribution in [-0.4, -0.2) is 58.9 Å². The van der Waals surface area contributed by atoms with E-state index in [1.54, 1.807) is 0 Å². The SMILES string of the molecule is CC(C(=O)O)N(C)C(=O)C1CCN(C(=O)c2ccc(F)cc2F)CC1. The molecule has 0 spiro atoms. The lowest BCUT2D eigenvalue weighted by Crippen LogP contribution is -2.47. The summed E-state index contributed by atoms with van der Waals surface area (Å²) >= 11 is 0. The first-order valence-electron chi connectivity index (χ1n) is 7.96. The maximum atomic E-state index is 13.7. The molecule has 1 aliphatic heterocycles. The van der Waals surface area contributed by atoms with E-state index in [0.717, 1.165) is 12.1 Å². The van der Waals surface area contributed by atoms with Gasteiger partial charge in [-0.05, 0) is 31.9 Å². The summed E-state index contributed by atoms with van der Waals surface area (Å²) in [6, 6.07) is 1.85. The fraction of sp³-hybridized carbons (Fsp3) is 0.471. The van der Waals surface area contributed by atoms with Crippen molar-refractivity contribution in [2.24, 2.45) is 5.92 Å². The molecule has 1 aromatic carbocycles. The quantitative estimate of drug-likeness (QED) is 0.894. The first-order chi connectivity index (χ1) is 11.7. The third-order valence-corrected chi connectivity index (χ3v) is 4.58. The molecule has 1 aliphatic rings. The van der Waals surface area contributed by atoms with Gasteiger partial charge in [-0.2, -0.15) is 0 Å². The van der Waals surface area contributed by atoms with Crippen molar-refractivity contribution in [3.05, 3.63) is 35.4 Å². The topological polar surface area (TPSA) is 77.9 Å². The van der Waals surface area contributed by atoms with E-state index in [-0.39, 0.29) is 30.5 Å². The maximum absolute atomic E-state index is 13.7. The lowest BCUT2D eigenvalue weighted by atomic mass is 9.94. The summed E-state index contributed by atoms with van der Waals surface area (Å²) < 4.78 is 26.7. The number of carboxylic acid groups (broad SMARTS) is 1. The summed E-state index contributed by atoms with van der Waals surface area (Å²) in [5, 5.41) is 8.98. The van der Waals surface area contributed by atoms with E-state index in [2.05, 4.69) is 0 Å². The molecule has 1 heterocycles. The molecular formula is C17H20F2N2O4. The lowest BCUT2D eigenvalue weighted by Gasteiger charge is -2.34. The minimum Gasteiger partial charge on any atom is -0.480 e. The molecule has 2 amide bonds. The minimum absolute atomic E-state index is 0.206. The Morgan fingerprint density at radius 3 is 2.36 bits per heavy atom. The predicted octanol–water partition coefficient (Wildman–Crippen LogP) is 1.75. The number of carbonyl (C=O) groups is 3. The van der Waals surface area contributed by atoms with Crippen molar-refractivity contribution in [1.82, 2.24) is 9.80 Å². The van der Waals surface area contributed by atoms with E-state index in [4.69, 9.17) is 5.11 Å². The summed E-state index contributed by atoms with van der Waals surface area (Å²) in [7, 11) is 1.44.